The lowest BCUT2D eigenvalue weighted by Gasteiger charge is -2.27. The Morgan fingerprint density at radius 1 is 1.34 bits per heavy atom. The highest BCUT2D eigenvalue weighted by Gasteiger charge is 2.35. The molecule has 2 aromatic heterocycles. The molecule has 29 heavy (non-hydrogen) atoms. The molecule has 1 aliphatic heterocycles. The number of esters is 1. The maximum atomic E-state index is 12.7. The van der Waals surface area contributed by atoms with Crippen molar-refractivity contribution in [2.45, 2.75) is 24.2 Å². The van der Waals surface area contributed by atoms with Gasteiger partial charge >= 0.3 is 18.2 Å². The van der Waals surface area contributed by atoms with Crippen molar-refractivity contribution in [1.82, 2.24) is 15.6 Å². The molecule has 1 unspecified atom stereocenters. The van der Waals surface area contributed by atoms with E-state index in [1.807, 2.05) is 0 Å². The van der Waals surface area contributed by atoms with E-state index in [0.717, 1.165) is 24.0 Å². The van der Waals surface area contributed by atoms with Gasteiger partial charge in [-0.15, -0.1) is 11.8 Å². The van der Waals surface area contributed by atoms with E-state index in [1.165, 1.54) is 12.3 Å². The Kier molecular flexibility index (Phi) is 6.16. The largest absolute Gasteiger partial charge is 0.467 e. The lowest BCUT2D eigenvalue weighted by Crippen LogP contribution is -2.46. The number of pyridine rings is 1. The highest BCUT2D eigenvalue weighted by atomic mass is 32.2. The Bertz CT molecular complexity index is 911. The van der Waals surface area contributed by atoms with E-state index in [2.05, 4.69) is 15.6 Å². The Balaban J connectivity index is 1.87. The van der Waals surface area contributed by atoms with Gasteiger partial charge in [0.1, 0.15) is 11.8 Å². The molecule has 154 valence electrons. The van der Waals surface area contributed by atoms with Crippen LogP contribution in [0.4, 0.5) is 18.0 Å². The summed E-state index contributed by atoms with van der Waals surface area (Å²) in [5.41, 5.74) is -0.442. The lowest BCUT2D eigenvalue weighted by atomic mass is 10.0. The predicted octanol–water partition coefficient (Wildman–Crippen LogP) is 3.66. The minimum absolute atomic E-state index is 0.0805. The average Bonchev–Trinajstić information content (AvgIpc) is 3.20. The number of aromatic nitrogens is 1. The third kappa shape index (κ3) is 4.91. The first-order valence-corrected chi connectivity index (χ1v) is 9.45. The number of urea groups is 1. The van der Waals surface area contributed by atoms with Crippen molar-refractivity contribution < 1.29 is 31.9 Å². The van der Waals surface area contributed by atoms with E-state index in [0.29, 0.717) is 10.8 Å². The fraction of sp³-hybridized carbons (Fsp3) is 0.278. The number of thioether (sulfide) groups is 1. The molecule has 0 saturated carbocycles. The fourth-order valence-corrected chi connectivity index (χ4v) is 3.44. The molecular weight excluding hydrogens is 411 g/mol. The zero-order valence-corrected chi connectivity index (χ0v) is 15.9. The number of rotatable bonds is 6. The van der Waals surface area contributed by atoms with Crippen LogP contribution in [0.15, 0.2) is 57.4 Å². The van der Waals surface area contributed by atoms with Gasteiger partial charge in [0.15, 0.2) is 0 Å². The number of nitrogens with one attached hydrogen (secondary N) is 2. The summed E-state index contributed by atoms with van der Waals surface area (Å²) >= 11 is 1.07. The molecule has 11 heteroatoms. The van der Waals surface area contributed by atoms with Crippen LogP contribution in [-0.4, -0.2) is 29.3 Å². The minimum Gasteiger partial charge on any atom is -0.467 e. The smallest absolute Gasteiger partial charge is 0.417 e. The fourth-order valence-electron chi connectivity index (χ4n) is 2.63. The zero-order chi connectivity index (χ0) is 21.0. The van der Waals surface area contributed by atoms with Gasteiger partial charge in [-0.2, -0.15) is 13.2 Å². The molecule has 7 nitrogen and oxygen atoms in total. The standard InChI is InChI=1S/C18H16F3N3O4S/c1-2-27-16(25)14-11(23-17(26)24-15(14)12-4-3-7-28-12)9-29-13-6-5-10(8-22-13)18(19,20)21/h3-8,15H,2,9H2,1H3,(H2,23,24,26). The second-order valence-corrected chi connectivity index (χ2v) is 6.83. The van der Waals surface area contributed by atoms with Gasteiger partial charge < -0.3 is 19.8 Å². The van der Waals surface area contributed by atoms with Gasteiger partial charge in [-0.05, 0) is 31.2 Å². The van der Waals surface area contributed by atoms with Gasteiger partial charge in [-0.25, -0.2) is 14.6 Å². The van der Waals surface area contributed by atoms with Gasteiger partial charge in [-0.1, -0.05) is 0 Å². The molecule has 2 N–H and O–H groups in total. The number of hydrogen-bond acceptors (Lipinski definition) is 6. The zero-order valence-electron chi connectivity index (χ0n) is 15.1. The second-order valence-electron chi connectivity index (χ2n) is 5.83. The Labute approximate surface area is 167 Å². The van der Waals surface area contributed by atoms with Crippen molar-refractivity contribution in [3.63, 3.8) is 0 Å². The number of furan rings is 1. The minimum atomic E-state index is -4.48. The second kappa shape index (κ2) is 8.60. The van der Waals surface area contributed by atoms with Crippen LogP contribution in [0.2, 0.25) is 0 Å². The maximum absolute atomic E-state index is 12.7. The van der Waals surface area contributed by atoms with Crippen LogP contribution in [0, 0.1) is 0 Å². The summed E-state index contributed by atoms with van der Waals surface area (Å²) in [5, 5.41) is 5.47. The summed E-state index contributed by atoms with van der Waals surface area (Å²) in [7, 11) is 0. The molecule has 0 saturated heterocycles. The van der Waals surface area contributed by atoms with E-state index >= 15 is 0 Å². The van der Waals surface area contributed by atoms with Crippen molar-refractivity contribution in [3.05, 3.63) is 59.3 Å². The van der Waals surface area contributed by atoms with Gasteiger partial charge in [0.25, 0.3) is 0 Å². The summed E-state index contributed by atoms with van der Waals surface area (Å²) in [4.78, 5) is 28.4. The molecule has 0 aromatic carbocycles. The third-order valence-corrected chi connectivity index (χ3v) is 4.88. The van der Waals surface area contributed by atoms with Crippen LogP contribution < -0.4 is 10.6 Å². The Hall–Kier alpha value is -2.95. The Morgan fingerprint density at radius 3 is 2.72 bits per heavy atom. The first-order valence-electron chi connectivity index (χ1n) is 8.46. The van der Waals surface area contributed by atoms with Gasteiger partial charge in [0.2, 0.25) is 0 Å². The maximum Gasteiger partial charge on any atom is 0.417 e. The number of carbonyl (C=O) groups is 2. The molecule has 2 aromatic rings. The molecule has 1 atom stereocenters. The summed E-state index contributed by atoms with van der Waals surface area (Å²) in [6.07, 6.45) is -2.34. The molecular formula is C18H16F3N3O4S. The van der Waals surface area contributed by atoms with Crippen molar-refractivity contribution >= 4 is 23.8 Å². The first kappa shape index (κ1) is 20.8. The number of ether oxygens (including phenoxy) is 1. The molecule has 0 radical (unpaired) electrons. The van der Waals surface area contributed by atoms with E-state index in [9.17, 15) is 22.8 Å². The van der Waals surface area contributed by atoms with Crippen LogP contribution in [-0.2, 0) is 15.7 Å². The van der Waals surface area contributed by atoms with Crippen LogP contribution in [0.5, 0.6) is 0 Å². The number of hydrogen-bond donors (Lipinski definition) is 2. The highest BCUT2D eigenvalue weighted by molar-refractivity contribution is 7.99. The van der Waals surface area contributed by atoms with Crippen LogP contribution in [0.3, 0.4) is 0 Å². The monoisotopic (exact) mass is 427 g/mol. The number of halogens is 3. The molecule has 0 spiro atoms. The first-order chi connectivity index (χ1) is 13.8. The van der Waals surface area contributed by atoms with E-state index < -0.39 is 29.8 Å². The molecule has 2 amide bonds. The summed E-state index contributed by atoms with van der Waals surface area (Å²) in [6, 6.07) is 3.97. The average molecular weight is 427 g/mol. The normalized spacial score (nSPS) is 17.0. The molecule has 3 heterocycles. The number of alkyl halides is 3. The van der Waals surface area contributed by atoms with Gasteiger partial charge in [0.05, 0.1) is 29.0 Å². The van der Waals surface area contributed by atoms with E-state index in [4.69, 9.17) is 9.15 Å². The number of carbonyl (C=O) groups excluding carboxylic acids is 2. The number of nitrogens with zero attached hydrogens (tertiary/aromatic N) is 1. The van der Waals surface area contributed by atoms with Gasteiger partial charge in [-0.3, -0.25) is 0 Å². The molecule has 0 bridgehead atoms. The topological polar surface area (TPSA) is 93.5 Å². The molecule has 3 rings (SSSR count). The summed E-state index contributed by atoms with van der Waals surface area (Å²) < 4.78 is 48.4. The van der Waals surface area contributed by atoms with Crippen molar-refractivity contribution in [2.75, 3.05) is 12.4 Å². The van der Waals surface area contributed by atoms with Gasteiger partial charge in [0, 0.05) is 17.6 Å². The van der Waals surface area contributed by atoms with Crippen LogP contribution in [0.25, 0.3) is 0 Å². The van der Waals surface area contributed by atoms with Crippen molar-refractivity contribution in [3.8, 4) is 0 Å². The quantitative estimate of drug-likeness (QED) is 0.540. The summed E-state index contributed by atoms with van der Waals surface area (Å²) in [6.45, 7) is 1.78. The van der Waals surface area contributed by atoms with Crippen molar-refractivity contribution in [2.24, 2.45) is 0 Å². The molecule has 0 aliphatic carbocycles. The predicted molar refractivity (Wildman–Crippen MR) is 96.7 cm³/mol. The van der Waals surface area contributed by atoms with Crippen LogP contribution >= 0.6 is 11.8 Å². The van der Waals surface area contributed by atoms with E-state index in [-0.39, 0.29) is 23.6 Å². The molecule has 0 fully saturated rings. The third-order valence-electron chi connectivity index (χ3n) is 3.90. The van der Waals surface area contributed by atoms with Crippen molar-refractivity contribution in [1.29, 1.82) is 0 Å². The SMILES string of the molecule is CCOC(=O)C1=C(CSc2ccc(C(F)(F)F)cn2)NC(=O)NC1c1ccco1. The highest BCUT2D eigenvalue weighted by Crippen LogP contribution is 2.32. The Morgan fingerprint density at radius 2 is 2.14 bits per heavy atom. The van der Waals surface area contributed by atoms with E-state index in [1.54, 1.807) is 19.1 Å². The van der Waals surface area contributed by atoms with Crippen LogP contribution in [0.1, 0.15) is 24.3 Å². The summed E-state index contributed by atoms with van der Waals surface area (Å²) in [5.74, 6) is -0.215. The number of amides is 2. The molecule has 1 aliphatic rings. The lowest BCUT2D eigenvalue weighted by molar-refractivity contribution is -0.139.